The maximum atomic E-state index is 13.4. The first-order valence-corrected chi connectivity index (χ1v) is 7.11. The van der Waals surface area contributed by atoms with Crippen LogP contribution in [0.15, 0.2) is 54.6 Å². The van der Waals surface area contributed by atoms with E-state index in [2.05, 4.69) is 4.98 Å². The fourth-order valence-corrected chi connectivity index (χ4v) is 2.49. The molecule has 1 heterocycles. The van der Waals surface area contributed by atoms with Gasteiger partial charge in [-0.1, -0.05) is 36.4 Å². The van der Waals surface area contributed by atoms with Gasteiger partial charge in [-0.25, -0.2) is 4.98 Å². The van der Waals surface area contributed by atoms with E-state index in [-0.39, 0.29) is 5.39 Å². The smallest absolute Gasteiger partial charge is 0.378 e. The molecular formula is C18H15F3N2. The standard InChI is InChI=1S/C18H15F3N2/c1-23(2)13-8-9-14-15(18(19,20)21)11-16(22-17(14)10-13)12-6-4-3-5-7-12/h3-11H,1-2H3. The third-order valence-electron chi connectivity index (χ3n) is 3.68. The zero-order valence-corrected chi connectivity index (χ0v) is 12.7. The minimum Gasteiger partial charge on any atom is -0.378 e. The highest BCUT2D eigenvalue weighted by Crippen LogP contribution is 2.37. The highest BCUT2D eigenvalue weighted by atomic mass is 19.4. The lowest BCUT2D eigenvalue weighted by atomic mass is 10.0. The van der Waals surface area contributed by atoms with Crippen molar-refractivity contribution in [3.05, 3.63) is 60.2 Å². The Morgan fingerprint density at radius 3 is 2.22 bits per heavy atom. The van der Waals surface area contributed by atoms with Crippen molar-refractivity contribution >= 4 is 16.6 Å². The Morgan fingerprint density at radius 2 is 1.61 bits per heavy atom. The van der Waals surface area contributed by atoms with Gasteiger partial charge in [-0.15, -0.1) is 0 Å². The zero-order chi connectivity index (χ0) is 16.6. The van der Waals surface area contributed by atoms with E-state index in [1.807, 2.05) is 25.1 Å². The molecule has 3 rings (SSSR count). The van der Waals surface area contributed by atoms with Gasteiger partial charge in [0.25, 0.3) is 0 Å². The monoisotopic (exact) mass is 316 g/mol. The molecule has 0 atom stereocenters. The summed E-state index contributed by atoms with van der Waals surface area (Å²) in [7, 11) is 3.68. The lowest BCUT2D eigenvalue weighted by Crippen LogP contribution is -2.10. The molecule has 0 radical (unpaired) electrons. The second kappa shape index (κ2) is 5.57. The van der Waals surface area contributed by atoms with E-state index in [1.54, 1.807) is 36.4 Å². The van der Waals surface area contributed by atoms with Crippen LogP contribution in [0.3, 0.4) is 0 Å². The summed E-state index contributed by atoms with van der Waals surface area (Å²) < 4.78 is 40.3. The molecule has 1 aromatic heterocycles. The molecule has 0 bridgehead atoms. The van der Waals surface area contributed by atoms with Gasteiger partial charge in [-0.3, -0.25) is 0 Å². The molecule has 0 amide bonds. The maximum Gasteiger partial charge on any atom is 0.417 e. The summed E-state index contributed by atoms with van der Waals surface area (Å²) in [5.41, 5.74) is 1.47. The van der Waals surface area contributed by atoms with Gasteiger partial charge in [0.15, 0.2) is 0 Å². The fraction of sp³-hybridized carbons (Fsp3) is 0.167. The van der Waals surface area contributed by atoms with Crippen LogP contribution in [0.4, 0.5) is 18.9 Å². The summed E-state index contributed by atoms with van der Waals surface area (Å²) in [4.78, 5) is 6.27. The zero-order valence-electron chi connectivity index (χ0n) is 12.7. The molecule has 0 unspecified atom stereocenters. The maximum absolute atomic E-state index is 13.4. The second-order valence-corrected chi connectivity index (χ2v) is 5.51. The van der Waals surface area contributed by atoms with Gasteiger partial charge in [-0.2, -0.15) is 13.2 Å². The summed E-state index contributed by atoms with van der Waals surface area (Å²) in [6.07, 6.45) is -4.43. The van der Waals surface area contributed by atoms with Crippen LogP contribution in [0.5, 0.6) is 0 Å². The van der Waals surface area contributed by atoms with Gasteiger partial charge in [0, 0.05) is 30.7 Å². The molecular weight excluding hydrogens is 301 g/mol. The third-order valence-corrected chi connectivity index (χ3v) is 3.68. The van der Waals surface area contributed by atoms with Crippen LogP contribution in [0.2, 0.25) is 0 Å². The highest BCUT2D eigenvalue weighted by Gasteiger charge is 2.33. The number of nitrogens with zero attached hydrogens (tertiary/aromatic N) is 2. The number of benzene rings is 2. The number of hydrogen-bond donors (Lipinski definition) is 0. The van der Waals surface area contributed by atoms with Crippen molar-refractivity contribution in [1.29, 1.82) is 0 Å². The summed E-state index contributed by atoms with van der Waals surface area (Å²) >= 11 is 0. The van der Waals surface area contributed by atoms with E-state index in [1.165, 1.54) is 6.07 Å². The molecule has 23 heavy (non-hydrogen) atoms. The van der Waals surface area contributed by atoms with E-state index in [9.17, 15) is 13.2 Å². The molecule has 0 aliphatic carbocycles. The number of pyridine rings is 1. The van der Waals surface area contributed by atoms with Crippen molar-refractivity contribution in [2.24, 2.45) is 0 Å². The Labute approximate surface area is 132 Å². The van der Waals surface area contributed by atoms with Gasteiger partial charge >= 0.3 is 6.18 Å². The molecule has 118 valence electrons. The largest absolute Gasteiger partial charge is 0.417 e. The summed E-state index contributed by atoms with van der Waals surface area (Å²) in [5, 5.41) is 0.114. The number of halogens is 3. The van der Waals surface area contributed by atoms with Crippen LogP contribution in [0.1, 0.15) is 5.56 Å². The van der Waals surface area contributed by atoms with Crippen LogP contribution in [-0.2, 0) is 6.18 Å². The molecule has 2 aromatic carbocycles. The quantitative estimate of drug-likeness (QED) is 0.662. The first-order valence-electron chi connectivity index (χ1n) is 7.11. The van der Waals surface area contributed by atoms with Crippen molar-refractivity contribution < 1.29 is 13.2 Å². The fourth-order valence-electron chi connectivity index (χ4n) is 2.49. The van der Waals surface area contributed by atoms with Crippen LogP contribution in [-0.4, -0.2) is 19.1 Å². The summed E-state index contributed by atoms with van der Waals surface area (Å²) in [6.45, 7) is 0. The minimum atomic E-state index is -4.43. The third kappa shape index (κ3) is 2.99. The Kier molecular flexibility index (Phi) is 3.72. The highest BCUT2D eigenvalue weighted by molar-refractivity contribution is 5.88. The van der Waals surface area contributed by atoms with Gasteiger partial charge in [0.05, 0.1) is 16.8 Å². The number of rotatable bonds is 2. The molecule has 0 aliphatic rings. The second-order valence-electron chi connectivity index (χ2n) is 5.51. The Hall–Kier alpha value is -2.56. The first-order chi connectivity index (χ1) is 10.9. The lowest BCUT2D eigenvalue weighted by Gasteiger charge is -2.16. The number of hydrogen-bond acceptors (Lipinski definition) is 2. The average Bonchev–Trinajstić information content (AvgIpc) is 2.53. The Bertz CT molecular complexity index is 840. The van der Waals surface area contributed by atoms with Crippen molar-refractivity contribution in [2.75, 3.05) is 19.0 Å². The van der Waals surface area contributed by atoms with Gasteiger partial charge < -0.3 is 4.90 Å². The molecule has 0 spiro atoms. The van der Waals surface area contributed by atoms with Gasteiger partial charge in [0.1, 0.15) is 0 Å². The van der Waals surface area contributed by atoms with Gasteiger partial charge in [0.2, 0.25) is 0 Å². The number of anilines is 1. The molecule has 0 fully saturated rings. The number of aromatic nitrogens is 1. The molecule has 0 N–H and O–H groups in total. The van der Waals surface area contributed by atoms with Crippen molar-refractivity contribution in [3.8, 4) is 11.3 Å². The molecule has 5 heteroatoms. The van der Waals surface area contributed by atoms with Crippen LogP contribution >= 0.6 is 0 Å². The molecule has 2 nitrogen and oxygen atoms in total. The molecule has 0 saturated carbocycles. The topological polar surface area (TPSA) is 16.1 Å². The summed E-state index contributed by atoms with van der Waals surface area (Å²) in [6, 6.07) is 14.8. The molecule has 0 aliphatic heterocycles. The van der Waals surface area contributed by atoms with Crippen LogP contribution in [0, 0.1) is 0 Å². The number of alkyl halides is 3. The van der Waals surface area contributed by atoms with Crippen LogP contribution in [0.25, 0.3) is 22.2 Å². The number of fused-ring (bicyclic) bond motifs is 1. The first kappa shape index (κ1) is 15.3. The Morgan fingerprint density at radius 1 is 0.913 bits per heavy atom. The average molecular weight is 316 g/mol. The van der Waals surface area contributed by atoms with Crippen molar-refractivity contribution in [3.63, 3.8) is 0 Å². The van der Waals surface area contributed by atoms with E-state index < -0.39 is 11.7 Å². The molecule has 0 saturated heterocycles. The van der Waals surface area contributed by atoms with E-state index in [0.29, 0.717) is 16.8 Å². The van der Waals surface area contributed by atoms with E-state index >= 15 is 0 Å². The SMILES string of the molecule is CN(C)c1ccc2c(C(F)(F)F)cc(-c3ccccc3)nc2c1. The molecule has 3 aromatic rings. The predicted molar refractivity (Wildman–Crippen MR) is 86.5 cm³/mol. The van der Waals surface area contributed by atoms with Crippen molar-refractivity contribution in [1.82, 2.24) is 4.98 Å². The predicted octanol–water partition coefficient (Wildman–Crippen LogP) is 4.99. The lowest BCUT2D eigenvalue weighted by molar-refractivity contribution is -0.136. The minimum absolute atomic E-state index is 0.114. The summed E-state index contributed by atoms with van der Waals surface area (Å²) in [5.74, 6) is 0. The van der Waals surface area contributed by atoms with Crippen LogP contribution < -0.4 is 4.90 Å². The van der Waals surface area contributed by atoms with Gasteiger partial charge in [-0.05, 0) is 18.2 Å². The van der Waals surface area contributed by atoms with E-state index in [0.717, 1.165) is 11.8 Å². The Balaban J connectivity index is 2.31. The van der Waals surface area contributed by atoms with Crippen molar-refractivity contribution in [2.45, 2.75) is 6.18 Å². The normalized spacial score (nSPS) is 11.7. The van der Waals surface area contributed by atoms with E-state index in [4.69, 9.17) is 0 Å².